The molecular weight excluding hydrogens is 236 g/mol. The lowest BCUT2D eigenvalue weighted by atomic mass is 9.93. The molecule has 19 heavy (non-hydrogen) atoms. The summed E-state index contributed by atoms with van der Waals surface area (Å²) >= 11 is 0. The molecule has 0 unspecified atom stereocenters. The normalized spacial score (nSPS) is 12.3. The van der Waals surface area contributed by atoms with Gasteiger partial charge in [-0.3, -0.25) is 9.58 Å². The highest BCUT2D eigenvalue weighted by Gasteiger charge is 2.20. The van der Waals surface area contributed by atoms with Gasteiger partial charge in [-0.2, -0.15) is 5.10 Å². The second kappa shape index (κ2) is 7.65. The molecular formula is C15H30N4. The number of rotatable bonds is 9. The Kier molecular flexibility index (Phi) is 6.52. The van der Waals surface area contributed by atoms with E-state index in [1.54, 1.807) is 0 Å². The van der Waals surface area contributed by atoms with Gasteiger partial charge in [0, 0.05) is 25.8 Å². The minimum absolute atomic E-state index is 0.171. The highest BCUT2D eigenvalue weighted by atomic mass is 15.3. The average molecular weight is 266 g/mol. The maximum Gasteiger partial charge on any atom is 0.0524 e. The predicted molar refractivity (Wildman–Crippen MR) is 80.9 cm³/mol. The van der Waals surface area contributed by atoms with Gasteiger partial charge in [-0.1, -0.05) is 27.7 Å². The van der Waals surface area contributed by atoms with E-state index in [9.17, 15) is 0 Å². The first-order valence-electron chi connectivity index (χ1n) is 7.45. The van der Waals surface area contributed by atoms with Crippen LogP contribution < -0.4 is 5.73 Å². The quantitative estimate of drug-likeness (QED) is 0.747. The van der Waals surface area contributed by atoms with E-state index in [1.807, 2.05) is 6.20 Å². The fourth-order valence-electron chi connectivity index (χ4n) is 2.34. The van der Waals surface area contributed by atoms with Gasteiger partial charge >= 0.3 is 0 Å². The maximum absolute atomic E-state index is 5.86. The van der Waals surface area contributed by atoms with Gasteiger partial charge in [0.25, 0.3) is 0 Å². The van der Waals surface area contributed by atoms with Crippen LogP contribution in [-0.2, 0) is 13.1 Å². The molecule has 0 aliphatic rings. The summed E-state index contributed by atoms with van der Waals surface area (Å²) in [7, 11) is 0. The third kappa shape index (κ3) is 5.33. The van der Waals surface area contributed by atoms with Crippen LogP contribution in [0.2, 0.25) is 0 Å². The van der Waals surface area contributed by atoms with Gasteiger partial charge in [-0.15, -0.1) is 0 Å². The van der Waals surface area contributed by atoms with Crippen LogP contribution in [0.4, 0.5) is 0 Å². The van der Waals surface area contributed by atoms with Crippen molar-refractivity contribution in [3.05, 3.63) is 18.0 Å². The third-order valence-electron chi connectivity index (χ3n) is 3.37. The zero-order valence-corrected chi connectivity index (χ0v) is 13.0. The Morgan fingerprint density at radius 2 is 2.05 bits per heavy atom. The monoisotopic (exact) mass is 266 g/mol. The second-order valence-corrected chi connectivity index (χ2v) is 6.12. The van der Waals surface area contributed by atoms with E-state index in [0.29, 0.717) is 0 Å². The molecule has 0 saturated heterocycles. The predicted octanol–water partition coefficient (Wildman–Crippen LogP) is 2.49. The summed E-state index contributed by atoms with van der Waals surface area (Å²) in [6.45, 7) is 13.7. The highest BCUT2D eigenvalue weighted by Crippen LogP contribution is 2.17. The minimum atomic E-state index is 0.171. The summed E-state index contributed by atoms with van der Waals surface area (Å²) in [6, 6.07) is 2.13. The lowest BCUT2D eigenvalue weighted by molar-refractivity contribution is 0.172. The van der Waals surface area contributed by atoms with Gasteiger partial charge in [0.05, 0.1) is 5.69 Å². The molecule has 0 aliphatic carbocycles. The van der Waals surface area contributed by atoms with Gasteiger partial charge in [-0.25, -0.2) is 0 Å². The van der Waals surface area contributed by atoms with E-state index >= 15 is 0 Å². The number of aryl methyl sites for hydroxylation is 1. The summed E-state index contributed by atoms with van der Waals surface area (Å²) in [4.78, 5) is 2.50. The molecule has 1 aromatic rings. The molecule has 1 aromatic heterocycles. The molecule has 0 radical (unpaired) electrons. The highest BCUT2D eigenvalue weighted by molar-refractivity contribution is 5.00. The van der Waals surface area contributed by atoms with Crippen LogP contribution in [0.3, 0.4) is 0 Å². The molecule has 1 heterocycles. The van der Waals surface area contributed by atoms with E-state index in [2.05, 4.69) is 48.4 Å². The average Bonchev–Trinajstić information content (AvgIpc) is 2.77. The number of hydrogen-bond acceptors (Lipinski definition) is 3. The van der Waals surface area contributed by atoms with Crippen molar-refractivity contribution in [2.75, 3.05) is 19.6 Å². The maximum atomic E-state index is 5.86. The van der Waals surface area contributed by atoms with Crippen molar-refractivity contribution in [1.29, 1.82) is 0 Å². The molecule has 4 nitrogen and oxygen atoms in total. The van der Waals surface area contributed by atoms with Crippen LogP contribution in [0.25, 0.3) is 0 Å². The Balaban J connectivity index is 2.69. The fraction of sp³-hybridized carbons (Fsp3) is 0.800. The SMILES string of the molecule is CCCN(Cc1ccnn1CCC)CC(C)(C)CN. The largest absolute Gasteiger partial charge is 0.330 e. The zero-order valence-electron chi connectivity index (χ0n) is 13.0. The molecule has 0 fully saturated rings. The summed E-state index contributed by atoms with van der Waals surface area (Å²) in [5.41, 5.74) is 7.34. The fourth-order valence-corrected chi connectivity index (χ4v) is 2.34. The van der Waals surface area contributed by atoms with Crippen LogP contribution >= 0.6 is 0 Å². The molecule has 4 heteroatoms. The molecule has 0 spiro atoms. The van der Waals surface area contributed by atoms with Crippen molar-refractivity contribution in [1.82, 2.24) is 14.7 Å². The first kappa shape index (κ1) is 16.2. The first-order valence-corrected chi connectivity index (χ1v) is 7.45. The van der Waals surface area contributed by atoms with E-state index in [4.69, 9.17) is 5.73 Å². The van der Waals surface area contributed by atoms with Crippen LogP contribution in [-0.4, -0.2) is 34.3 Å². The van der Waals surface area contributed by atoms with E-state index in [-0.39, 0.29) is 5.41 Å². The van der Waals surface area contributed by atoms with E-state index < -0.39 is 0 Å². The number of nitrogens with two attached hydrogens (primary N) is 1. The lowest BCUT2D eigenvalue weighted by Gasteiger charge is -2.31. The van der Waals surface area contributed by atoms with Gasteiger partial charge in [0.1, 0.15) is 0 Å². The number of aromatic nitrogens is 2. The Bertz CT molecular complexity index is 357. The van der Waals surface area contributed by atoms with Crippen LogP contribution in [0.1, 0.15) is 46.2 Å². The van der Waals surface area contributed by atoms with Gasteiger partial charge in [0.2, 0.25) is 0 Å². The van der Waals surface area contributed by atoms with Crippen molar-refractivity contribution in [3.63, 3.8) is 0 Å². The zero-order chi connectivity index (χ0) is 14.3. The molecule has 0 bridgehead atoms. The Labute approximate surface area is 118 Å². The summed E-state index contributed by atoms with van der Waals surface area (Å²) in [5, 5.41) is 4.40. The Morgan fingerprint density at radius 3 is 2.63 bits per heavy atom. The number of nitrogens with zero attached hydrogens (tertiary/aromatic N) is 3. The standard InChI is InChI=1S/C15H30N4/c1-5-9-18(13-15(3,4)12-16)11-14-7-8-17-19(14)10-6-2/h7-8H,5-6,9-13,16H2,1-4H3. The summed E-state index contributed by atoms with van der Waals surface area (Å²) in [6.07, 6.45) is 4.20. The van der Waals surface area contributed by atoms with Crippen molar-refractivity contribution >= 4 is 0 Å². The van der Waals surface area contributed by atoms with Crippen molar-refractivity contribution in [2.45, 2.75) is 53.6 Å². The number of hydrogen-bond donors (Lipinski definition) is 1. The first-order chi connectivity index (χ1) is 9.02. The molecule has 110 valence electrons. The van der Waals surface area contributed by atoms with E-state index in [0.717, 1.165) is 39.1 Å². The molecule has 0 aromatic carbocycles. The molecule has 0 amide bonds. The van der Waals surface area contributed by atoms with Gasteiger partial charge in [0.15, 0.2) is 0 Å². The Hall–Kier alpha value is -0.870. The van der Waals surface area contributed by atoms with E-state index in [1.165, 1.54) is 12.1 Å². The van der Waals surface area contributed by atoms with Crippen molar-refractivity contribution in [2.24, 2.45) is 11.1 Å². The van der Waals surface area contributed by atoms with Crippen LogP contribution in [0.15, 0.2) is 12.3 Å². The summed E-state index contributed by atoms with van der Waals surface area (Å²) in [5.74, 6) is 0. The minimum Gasteiger partial charge on any atom is -0.330 e. The van der Waals surface area contributed by atoms with Crippen LogP contribution in [0.5, 0.6) is 0 Å². The third-order valence-corrected chi connectivity index (χ3v) is 3.37. The second-order valence-electron chi connectivity index (χ2n) is 6.12. The summed E-state index contributed by atoms with van der Waals surface area (Å²) < 4.78 is 2.12. The molecule has 0 atom stereocenters. The lowest BCUT2D eigenvalue weighted by Crippen LogP contribution is -2.39. The van der Waals surface area contributed by atoms with Crippen LogP contribution in [0, 0.1) is 5.41 Å². The molecule has 2 N–H and O–H groups in total. The molecule has 0 aliphatic heterocycles. The smallest absolute Gasteiger partial charge is 0.0524 e. The van der Waals surface area contributed by atoms with Crippen molar-refractivity contribution in [3.8, 4) is 0 Å². The molecule has 0 saturated carbocycles. The van der Waals surface area contributed by atoms with Crippen molar-refractivity contribution < 1.29 is 0 Å². The van der Waals surface area contributed by atoms with Gasteiger partial charge in [-0.05, 0) is 37.4 Å². The van der Waals surface area contributed by atoms with Gasteiger partial charge < -0.3 is 5.73 Å². The molecule has 1 rings (SSSR count). The Morgan fingerprint density at radius 1 is 1.32 bits per heavy atom. The topological polar surface area (TPSA) is 47.1 Å².